The summed E-state index contributed by atoms with van der Waals surface area (Å²) in [5.41, 5.74) is 0.763. The minimum absolute atomic E-state index is 0.00139. The van der Waals surface area contributed by atoms with Gasteiger partial charge in [0.1, 0.15) is 6.10 Å². The van der Waals surface area contributed by atoms with Crippen LogP contribution in [0, 0.1) is 50.2 Å². The number of allylic oxidation sites excluding steroid dienone is 3. The van der Waals surface area contributed by atoms with Crippen molar-refractivity contribution in [1.82, 2.24) is 0 Å². The van der Waals surface area contributed by atoms with Crippen molar-refractivity contribution in [2.24, 2.45) is 50.2 Å². The van der Waals surface area contributed by atoms with E-state index in [2.05, 4.69) is 54.5 Å². The fourth-order valence-corrected chi connectivity index (χ4v) is 11.4. The second-order valence-corrected chi connectivity index (χ2v) is 16.7. The van der Waals surface area contributed by atoms with Crippen molar-refractivity contribution in [2.75, 3.05) is 6.61 Å². The Morgan fingerprint density at radius 1 is 0.975 bits per heavy atom. The van der Waals surface area contributed by atoms with Crippen LogP contribution in [-0.4, -0.2) is 46.2 Å². The number of hydrogen-bond acceptors (Lipinski definition) is 5. The Bertz CT molecular complexity index is 1100. The Kier molecular flexibility index (Phi) is 7.13. The highest BCUT2D eigenvalue weighted by molar-refractivity contribution is 5.87. The highest BCUT2D eigenvalue weighted by Gasteiger charge is 2.71. The van der Waals surface area contributed by atoms with E-state index in [0.29, 0.717) is 30.3 Å². The molecule has 1 unspecified atom stereocenters. The molecule has 4 fully saturated rings. The van der Waals surface area contributed by atoms with E-state index in [1.165, 1.54) is 5.57 Å². The minimum Gasteiger partial charge on any atom is -0.458 e. The summed E-state index contributed by atoms with van der Waals surface area (Å²) in [5, 5.41) is 34.3. The predicted molar refractivity (Wildman–Crippen MR) is 158 cm³/mol. The molecule has 40 heavy (non-hydrogen) atoms. The van der Waals surface area contributed by atoms with Crippen molar-refractivity contribution in [3.05, 3.63) is 23.3 Å². The van der Waals surface area contributed by atoms with Crippen molar-refractivity contribution < 1.29 is 24.9 Å². The van der Waals surface area contributed by atoms with Crippen molar-refractivity contribution >= 4 is 5.97 Å². The van der Waals surface area contributed by atoms with Gasteiger partial charge in [-0.2, -0.15) is 0 Å². The van der Waals surface area contributed by atoms with Crippen LogP contribution >= 0.6 is 0 Å². The third kappa shape index (κ3) is 3.85. The van der Waals surface area contributed by atoms with Gasteiger partial charge in [-0.25, -0.2) is 4.79 Å². The number of aliphatic hydroxyl groups is 3. The average molecular weight is 557 g/mol. The van der Waals surface area contributed by atoms with E-state index in [1.807, 2.05) is 6.92 Å². The van der Waals surface area contributed by atoms with Crippen LogP contribution in [0.3, 0.4) is 0 Å². The molecule has 0 aromatic carbocycles. The zero-order valence-electron chi connectivity index (χ0n) is 26.6. The van der Waals surface area contributed by atoms with Crippen molar-refractivity contribution in [1.29, 1.82) is 0 Å². The van der Waals surface area contributed by atoms with E-state index < -0.39 is 17.6 Å². The lowest BCUT2D eigenvalue weighted by Crippen LogP contribution is -2.69. The molecule has 5 aliphatic carbocycles. The summed E-state index contributed by atoms with van der Waals surface area (Å²) < 4.78 is 6.20. The molecule has 0 amide bonds. The molecule has 0 radical (unpaired) electrons. The summed E-state index contributed by atoms with van der Waals surface area (Å²) >= 11 is 0. The van der Waals surface area contributed by atoms with Gasteiger partial charge in [0.05, 0.1) is 24.2 Å². The monoisotopic (exact) mass is 556 g/mol. The summed E-state index contributed by atoms with van der Waals surface area (Å²) in [7, 11) is 0. The molecule has 5 rings (SSSR count). The lowest BCUT2D eigenvalue weighted by molar-refractivity contribution is -0.239. The normalized spacial score (nSPS) is 49.5. The Morgan fingerprint density at radius 3 is 2.27 bits per heavy atom. The molecule has 0 aliphatic heterocycles. The number of esters is 1. The maximum absolute atomic E-state index is 13.0. The second kappa shape index (κ2) is 9.41. The summed E-state index contributed by atoms with van der Waals surface area (Å²) in [6.45, 7) is 19.8. The molecule has 5 aliphatic rings. The Balaban J connectivity index is 1.60. The number of carbonyl (C=O) groups excluding carboxylic acids is 1. The molecule has 226 valence electrons. The summed E-state index contributed by atoms with van der Waals surface area (Å²) in [5.74, 6) is 0.537. The van der Waals surface area contributed by atoms with E-state index in [1.54, 1.807) is 13.0 Å². The molecule has 3 N–H and O–H groups in total. The van der Waals surface area contributed by atoms with Gasteiger partial charge >= 0.3 is 5.97 Å². The van der Waals surface area contributed by atoms with Crippen LogP contribution in [-0.2, 0) is 9.53 Å². The number of hydrogen-bond donors (Lipinski definition) is 3. The quantitative estimate of drug-likeness (QED) is 0.207. The van der Waals surface area contributed by atoms with Crippen LogP contribution < -0.4 is 0 Å². The molecule has 5 nitrogen and oxygen atoms in total. The Morgan fingerprint density at radius 2 is 1.65 bits per heavy atom. The van der Waals surface area contributed by atoms with Gasteiger partial charge in [-0.1, -0.05) is 66.2 Å². The Labute approximate surface area is 242 Å². The maximum Gasteiger partial charge on any atom is 0.333 e. The van der Waals surface area contributed by atoms with E-state index >= 15 is 0 Å². The predicted octanol–water partition coefficient (Wildman–Crippen LogP) is 6.60. The number of fused-ring (bicyclic) bond motifs is 7. The number of aliphatic hydroxyl groups excluding tert-OH is 3. The Hall–Kier alpha value is -1.17. The second-order valence-electron chi connectivity index (χ2n) is 16.7. The topological polar surface area (TPSA) is 87.0 Å². The summed E-state index contributed by atoms with van der Waals surface area (Å²) in [6.07, 6.45) is 9.83. The van der Waals surface area contributed by atoms with E-state index in [9.17, 15) is 20.1 Å². The molecular formula is C35H56O5. The van der Waals surface area contributed by atoms with E-state index in [-0.39, 0.29) is 51.7 Å². The molecule has 0 heterocycles. The smallest absolute Gasteiger partial charge is 0.333 e. The van der Waals surface area contributed by atoms with E-state index in [4.69, 9.17) is 4.74 Å². The average Bonchev–Trinajstić information content (AvgIpc) is 2.86. The lowest BCUT2D eigenvalue weighted by atomic mass is 9.33. The maximum atomic E-state index is 13.0. The van der Waals surface area contributed by atoms with Gasteiger partial charge in [-0.3, -0.25) is 0 Å². The third-order valence-electron chi connectivity index (χ3n) is 14.1. The van der Waals surface area contributed by atoms with Gasteiger partial charge in [0, 0.05) is 5.57 Å². The fraction of sp³-hybridized carbons (Fsp3) is 0.857. The SMILES string of the molecule is C/C=C(\C)C(=O)O[C@H]1CC(C)(C)C[C@H]2C3=CC[C@@H]4[C@@]5(C)CC[C@H](O)C(C)(C)C5CC[C@@]4(C)[C@]3(C)C[C@@H](O)[C@@]12CO. The van der Waals surface area contributed by atoms with Crippen molar-refractivity contribution in [3.63, 3.8) is 0 Å². The van der Waals surface area contributed by atoms with Crippen LogP contribution in [0.25, 0.3) is 0 Å². The third-order valence-corrected chi connectivity index (χ3v) is 14.1. The van der Waals surface area contributed by atoms with Crippen LogP contribution in [0.2, 0.25) is 0 Å². The van der Waals surface area contributed by atoms with Crippen molar-refractivity contribution in [2.45, 2.75) is 132 Å². The first kappa shape index (κ1) is 30.3. The largest absolute Gasteiger partial charge is 0.458 e. The molecule has 10 atom stereocenters. The molecule has 0 aromatic heterocycles. The van der Waals surface area contributed by atoms with Crippen LogP contribution in [0.4, 0.5) is 0 Å². The first-order valence-corrected chi connectivity index (χ1v) is 16.0. The van der Waals surface area contributed by atoms with Crippen LogP contribution in [0.1, 0.15) is 114 Å². The highest BCUT2D eigenvalue weighted by Crippen LogP contribution is 2.75. The van der Waals surface area contributed by atoms with Gasteiger partial charge in [-0.15, -0.1) is 0 Å². The molecule has 0 bridgehead atoms. The number of carbonyl (C=O) groups is 1. The first-order valence-electron chi connectivity index (χ1n) is 16.0. The van der Waals surface area contributed by atoms with Gasteiger partial charge < -0.3 is 20.1 Å². The molecule has 5 heteroatoms. The van der Waals surface area contributed by atoms with Crippen LogP contribution in [0.5, 0.6) is 0 Å². The summed E-state index contributed by atoms with van der Waals surface area (Å²) in [6, 6.07) is 0. The standard InChI is InChI=1S/C35H56O5/c1-10-21(2)29(39)40-28-19-30(3,4)17-23-22-11-12-25-32(7)15-14-26(37)31(5,6)24(32)13-16-33(25,8)34(22,9)18-27(38)35(23,28)20-36/h10-11,23-28,36-38H,12-20H2,1-9H3/b21-10+/t23-,24?,25+,26-,27+,28-,32-,33+,34+,35-/m0/s1. The highest BCUT2D eigenvalue weighted by atomic mass is 16.5. The fourth-order valence-electron chi connectivity index (χ4n) is 11.4. The zero-order valence-corrected chi connectivity index (χ0v) is 26.6. The minimum atomic E-state index is -0.897. The molecule has 0 aromatic rings. The number of ether oxygens (including phenoxy) is 1. The van der Waals surface area contributed by atoms with Gasteiger partial charge in [-0.05, 0) is 110 Å². The van der Waals surface area contributed by atoms with Crippen molar-refractivity contribution in [3.8, 4) is 0 Å². The zero-order chi connectivity index (χ0) is 29.7. The molecule has 0 spiro atoms. The van der Waals surface area contributed by atoms with Crippen LogP contribution in [0.15, 0.2) is 23.3 Å². The summed E-state index contributed by atoms with van der Waals surface area (Å²) in [4.78, 5) is 13.0. The molecular weight excluding hydrogens is 500 g/mol. The van der Waals surface area contributed by atoms with Gasteiger partial charge in [0.25, 0.3) is 0 Å². The van der Waals surface area contributed by atoms with E-state index in [0.717, 1.165) is 38.5 Å². The first-order chi connectivity index (χ1) is 18.4. The molecule has 4 saturated carbocycles. The lowest BCUT2D eigenvalue weighted by Gasteiger charge is -2.72. The molecule has 0 saturated heterocycles. The number of rotatable bonds is 3. The van der Waals surface area contributed by atoms with Gasteiger partial charge in [0.2, 0.25) is 0 Å². The van der Waals surface area contributed by atoms with Gasteiger partial charge in [0.15, 0.2) is 0 Å².